The number of nitrogens with one attached hydrogen (secondary N) is 1. The number of carbonyl (C=O) groups is 1. The van der Waals surface area contributed by atoms with E-state index in [2.05, 4.69) is 0 Å². The molecule has 0 saturated carbocycles. The number of unbranched alkanes of at least 4 members (excludes halogenated alkanes) is 1. The molecule has 106 valence electrons. The third kappa shape index (κ3) is 4.30. The van der Waals surface area contributed by atoms with E-state index in [1.165, 1.54) is 17.6 Å². The first kappa shape index (κ1) is 15.6. The van der Waals surface area contributed by atoms with Crippen LogP contribution in [0, 0.1) is 0 Å². The Morgan fingerprint density at radius 2 is 1.95 bits per heavy atom. The molecule has 1 amide bonds. The number of hydroxylamine groups is 1. The summed E-state index contributed by atoms with van der Waals surface area (Å²) in [4.78, 5) is 11.3. The summed E-state index contributed by atoms with van der Waals surface area (Å²) in [7, 11) is -3.72. The lowest BCUT2D eigenvalue weighted by Gasteiger charge is -2.20. The average Bonchev–Trinajstić information content (AvgIpc) is 2.43. The van der Waals surface area contributed by atoms with Crippen LogP contribution in [-0.4, -0.2) is 36.9 Å². The first-order valence-corrected chi connectivity index (χ1v) is 7.44. The highest BCUT2D eigenvalue weighted by molar-refractivity contribution is 7.89. The van der Waals surface area contributed by atoms with E-state index in [0.29, 0.717) is 6.42 Å². The fourth-order valence-electron chi connectivity index (χ4n) is 1.56. The molecule has 0 fully saturated rings. The van der Waals surface area contributed by atoms with Crippen LogP contribution >= 0.6 is 0 Å². The fourth-order valence-corrected chi connectivity index (χ4v) is 3.01. The van der Waals surface area contributed by atoms with Crippen LogP contribution in [0.1, 0.15) is 19.8 Å². The average molecular weight is 286 g/mol. The summed E-state index contributed by atoms with van der Waals surface area (Å²) in [6.07, 6.45) is 1.45. The molecule has 0 atom stereocenters. The molecule has 0 unspecified atom stereocenters. The minimum atomic E-state index is -3.72. The van der Waals surface area contributed by atoms with Crippen molar-refractivity contribution in [2.45, 2.75) is 24.7 Å². The quantitative estimate of drug-likeness (QED) is 0.578. The molecule has 0 radical (unpaired) electrons. The lowest BCUT2D eigenvalue weighted by atomic mass is 10.3. The Morgan fingerprint density at radius 3 is 2.47 bits per heavy atom. The molecule has 19 heavy (non-hydrogen) atoms. The number of amides is 1. The minimum absolute atomic E-state index is 0.136. The maximum Gasteiger partial charge on any atom is 0.258 e. The van der Waals surface area contributed by atoms with E-state index in [4.69, 9.17) is 5.21 Å². The Kier molecular flexibility index (Phi) is 5.94. The predicted molar refractivity (Wildman–Crippen MR) is 70.0 cm³/mol. The zero-order valence-electron chi connectivity index (χ0n) is 10.7. The fraction of sp³-hybridized carbons (Fsp3) is 0.417. The van der Waals surface area contributed by atoms with Crippen LogP contribution in [0.2, 0.25) is 0 Å². The van der Waals surface area contributed by atoms with Gasteiger partial charge in [0.2, 0.25) is 10.0 Å². The number of carbonyl (C=O) groups excluding carboxylic acids is 1. The molecule has 0 saturated heterocycles. The summed E-state index contributed by atoms with van der Waals surface area (Å²) in [6, 6.07) is 7.92. The SMILES string of the molecule is CCCCN(CC(=O)NO)S(=O)(=O)c1ccccc1. The van der Waals surface area contributed by atoms with Gasteiger partial charge in [0, 0.05) is 6.54 Å². The Morgan fingerprint density at radius 1 is 1.32 bits per heavy atom. The predicted octanol–water partition coefficient (Wildman–Crippen LogP) is 0.983. The van der Waals surface area contributed by atoms with Gasteiger partial charge in [-0.25, -0.2) is 13.9 Å². The molecule has 0 bridgehead atoms. The highest BCUT2D eigenvalue weighted by atomic mass is 32.2. The molecule has 0 heterocycles. The number of hydrogen-bond acceptors (Lipinski definition) is 4. The van der Waals surface area contributed by atoms with E-state index >= 15 is 0 Å². The van der Waals surface area contributed by atoms with Crippen LogP contribution in [0.15, 0.2) is 35.2 Å². The van der Waals surface area contributed by atoms with Crippen LogP contribution in [-0.2, 0) is 14.8 Å². The summed E-state index contributed by atoms with van der Waals surface area (Å²) < 4.78 is 25.8. The van der Waals surface area contributed by atoms with Gasteiger partial charge >= 0.3 is 0 Å². The third-order valence-electron chi connectivity index (χ3n) is 2.59. The van der Waals surface area contributed by atoms with E-state index in [0.717, 1.165) is 10.7 Å². The van der Waals surface area contributed by atoms with Gasteiger partial charge in [0.15, 0.2) is 0 Å². The topological polar surface area (TPSA) is 86.7 Å². The van der Waals surface area contributed by atoms with Crippen molar-refractivity contribution in [3.05, 3.63) is 30.3 Å². The third-order valence-corrected chi connectivity index (χ3v) is 4.45. The molecule has 1 rings (SSSR count). The molecule has 1 aromatic rings. The highest BCUT2D eigenvalue weighted by Gasteiger charge is 2.25. The van der Waals surface area contributed by atoms with Gasteiger partial charge in [-0.05, 0) is 18.6 Å². The largest absolute Gasteiger partial charge is 0.289 e. The molecule has 2 N–H and O–H groups in total. The second-order valence-corrected chi connectivity index (χ2v) is 5.98. The van der Waals surface area contributed by atoms with Crippen LogP contribution in [0.4, 0.5) is 0 Å². The van der Waals surface area contributed by atoms with E-state index in [-0.39, 0.29) is 11.4 Å². The highest BCUT2D eigenvalue weighted by Crippen LogP contribution is 2.15. The monoisotopic (exact) mass is 286 g/mol. The normalized spacial score (nSPS) is 11.5. The molecule has 0 spiro atoms. The van der Waals surface area contributed by atoms with Crippen LogP contribution in [0.5, 0.6) is 0 Å². The van der Waals surface area contributed by atoms with Gasteiger partial charge in [0.1, 0.15) is 0 Å². The summed E-state index contributed by atoms with van der Waals surface area (Å²) in [6.45, 7) is 1.77. The second-order valence-electron chi connectivity index (χ2n) is 4.04. The smallest absolute Gasteiger partial charge is 0.258 e. The molecule has 1 aromatic carbocycles. The Balaban J connectivity index is 2.98. The second kappa shape index (κ2) is 7.22. The molecular formula is C12H18N2O4S. The van der Waals surface area contributed by atoms with Crippen molar-refractivity contribution in [3.63, 3.8) is 0 Å². The van der Waals surface area contributed by atoms with E-state index in [9.17, 15) is 13.2 Å². The van der Waals surface area contributed by atoms with Crippen molar-refractivity contribution in [2.75, 3.05) is 13.1 Å². The van der Waals surface area contributed by atoms with Gasteiger partial charge in [-0.3, -0.25) is 10.0 Å². The molecule has 0 aliphatic heterocycles. The summed E-state index contributed by atoms with van der Waals surface area (Å²) in [5, 5.41) is 8.52. The maximum absolute atomic E-state index is 12.4. The minimum Gasteiger partial charge on any atom is -0.289 e. The van der Waals surface area contributed by atoms with Gasteiger partial charge in [-0.1, -0.05) is 31.5 Å². The standard InChI is InChI=1S/C12H18N2O4S/c1-2-3-9-14(10-12(15)13-16)19(17,18)11-7-5-4-6-8-11/h4-8,16H,2-3,9-10H2,1H3,(H,13,15). The Hall–Kier alpha value is -1.44. The first-order valence-electron chi connectivity index (χ1n) is 6.00. The van der Waals surface area contributed by atoms with Crippen molar-refractivity contribution in [2.24, 2.45) is 0 Å². The van der Waals surface area contributed by atoms with E-state index in [1.807, 2.05) is 6.92 Å². The van der Waals surface area contributed by atoms with Crippen molar-refractivity contribution in [1.29, 1.82) is 0 Å². The zero-order chi connectivity index (χ0) is 14.3. The van der Waals surface area contributed by atoms with Crippen LogP contribution in [0.25, 0.3) is 0 Å². The van der Waals surface area contributed by atoms with E-state index in [1.54, 1.807) is 18.2 Å². The van der Waals surface area contributed by atoms with Gasteiger partial charge in [-0.2, -0.15) is 4.31 Å². The van der Waals surface area contributed by atoms with Gasteiger partial charge in [0.05, 0.1) is 11.4 Å². The molecule has 0 aromatic heterocycles. The molecule has 7 heteroatoms. The summed E-state index contributed by atoms with van der Waals surface area (Å²) in [5.74, 6) is -0.754. The first-order chi connectivity index (χ1) is 9.02. The van der Waals surface area contributed by atoms with Crippen molar-refractivity contribution in [3.8, 4) is 0 Å². The summed E-state index contributed by atoms with van der Waals surface area (Å²) >= 11 is 0. The Labute approximate surface area is 113 Å². The van der Waals surface area contributed by atoms with E-state index < -0.39 is 22.5 Å². The van der Waals surface area contributed by atoms with Crippen molar-refractivity contribution < 1.29 is 18.4 Å². The number of sulfonamides is 1. The lowest BCUT2D eigenvalue weighted by molar-refractivity contribution is -0.129. The summed E-state index contributed by atoms with van der Waals surface area (Å²) in [5.41, 5.74) is 1.45. The van der Waals surface area contributed by atoms with Crippen molar-refractivity contribution >= 4 is 15.9 Å². The Bertz CT molecular complexity index is 502. The van der Waals surface area contributed by atoms with Gasteiger partial charge < -0.3 is 0 Å². The lowest BCUT2D eigenvalue weighted by Crippen LogP contribution is -2.40. The zero-order valence-corrected chi connectivity index (χ0v) is 11.6. The maximum atomic E-state index is 12.4. The molecule has 0 aliphatic carbocycles. The number of nitrogens with zero attached hydrogens (tertiary/aromatic N) is 1. The van der Waals surface area contributed by atoms with Crippen molar-refractivity contribution in [1.82, 2.24) is 9.79 Å². The number of benzene rings is 1. The number of rotatable bonds is 7. The van der Waals surface area contributed by atoms with Gasteiger partial charge in [-0.15, -0.1) is 0 Å². The van der Waals surface area contributed by atoms with Crippen LogP contribution in [0.3, 0.4) is 0 Å². The molecule has 0 aliphatic rings. The molecular weight excluding hydrogens is 268 g/mol. The number of hydrogen-bond donors (Lipinski definition) is 2. The van der Waals surface area contributed by atoms with Crippen LogP contribution < -0.4 is 5.48 Å². The molecule has 6 nitrogen and oxygen atoms in total. The van der Waals surface area contributed by atoms with Gasteiger partial charge in [0.25, 0.3) is 5.91 Å².